The van der Waals surface area contributed by atoms with Gasteiger partial charge in [0.1, 0.15) is 5.82 Å². The van der Waals surface area contributed by atoms with Crippen LogP contribution in [0.5, 0.6) is 0 Å². The molecular weight excluding hydrogens is 356 g/mol. The lowest BCUT2D eigenvalue weighted by Gasteiger charge is -2.10. The van der Waals surface area contributed by atoms with Crippen LogP contribution in [-0.2, 0) is 25.5 Å². The summed E-state index contributed by atoms with van der Waals surface area (Å²) in [4.78, 5) is 4.81. The zero-order valence-corrected chi connectivity index (χ0v) is 16.4. The Bertz CT molecular complexity index is 820. The van der Waals surface area contributed by atoms with Gasteiger partial charge in [-0.25, -0.2) is 4.98 Å². The molecule has 0 aliphatic carbocycles. The molecule has 0 N–H and O–H groups in total. The summed E-state index contributed by atoms with van der Waals surface area (Å²) in [5.41, 5.74) is 3.23. The molecule has 3 aromatic rings. The summed E-state index contributed by atoms with van der Waals surface area (Å²) in [6, 6.07) is 18.4. The highest BCUT2D eigenvalue weighted by Crippen LogP contribution is 2.24. The molecule has 0 spiro atoms. The number of ether oxygens (including phenoxy) is 4. The van der Waals surface area contributed by atoms with Crippen molar-refractivity contribution in [1.82, 2.24) is 9.55 Å². The Labute approximate surface area is 166 Å². The van der Waals surface area contributed by atoms with Crippen molar-refractivity contribution < 1.29 is 18.9 Å². The highest BCUT2D eigenvalue weighted by molar-refractivity contribution is 5.80. The van der Waals surface area contributed by atoms with Crippen molar-refractivity contribution in [3.8, 4) is 11.4 Å². The fourth-order valence-electron chi connectivity index (χ4n) is 2.95. The third-order valence-corrected chi connectivity index (χ3v) is 4.32. The predicted molar refractivity (Wildman–Crippen MR) is 110 cm³/mol. The standard InChI is InChI=1S/C22H28N2O4/c1-25-13-14-27-17-18-28-16-15-26-12-11-24-21-10-6-5-9-20(21)23-22(24)19-7-3-2-4-8-19/h2-10H,11-18H2,1H3. The van der Waals surface area contributed by atoms with E-state index in [9.17, 15) is 0 Å². The molecule has 0 unspecified atom stereocenters. The Morgan fingerprint density at radius 1 is 0.714 bits per heavy atom. The molecule has 0 saturated heterocycles. The smallest absolute Gasteiger partial charge is 0.141 e. The fourth-order valence-corrected chi connectivity index (χ4v) is 2.95. The Kier molecular flexibility index (Phi) is 8.46. The summed E-state index contributed by atoms with van der Waals surface area (Å²) in [6.07, 6.45) is 0. The normalized spacial score (nSPS) is 11.3. The van der Waals surface area contributed by atoms with Crippen molar-refractivity contribution in [2.24, 2.45) is 0 Å². The second-order valence-corrected chi connectivity index (χ2v) is 6.27. The maximum atomic E-state index is 5.76. The lowest BCUT2D eigenvalue weighted by atomic mass is 10.2. The van der Waals surface area contributed by atoms with Crippen LogP contribution in [0.4, 0.5) is 0 Å². The van der Waals surface area contributed by atoms with E-state index in [1.807, 2.05) is 36.4 Å². The number of imidazole rings is 1. The molecule has 28 heavy (non-hydrogen) atoms. The fraction of sp³-hybridized carbons (Fsp3) is 0.409. The van der Waals surface area contributed by atoms with Gasteiger partial charge in [0, 0.05) is 19.2 Å². The van der Waals surface area contributed by atoms with Crippen molar-refractivity contribution in [1.29, 1.82) is 0 Å². The van der Waals surface area contributed by atoms with E-state index in [0.29, 0.717) is 46.2 Å². The maximum Gasteiger partial charge on any atom is 0.141 e. The average Bonchev–Trinajstić information content (AvgIpc) is 3.11. The molecule has 1 heterocycles. The first-order valence-corrected chi connectivity index (χ1v) is 9.63. The molecular formula is C22H28N2O4. The summed E-state index contributed by atoms with van der Waals surface area (Å²) in [7, 11) is 1.66. The third kappa shape index (κ3) is 5.87. The van der Waals surface area contributed by atoms with E-state index in [1.165, 1.54) is 0 Å². The number of hydrogen-bond acceptors (Lipinski definition) is 5. The van der Waals surface area contributed by atoms with E-state index in [-0.39, 0.29) is 0 Å². The second kappa shape index (κ2) is 11.6. The number of rotatable bonds is 13. The van der Waals surface area contributed by atoms with Gasteiger partial charge in [0.15, 0.2) is 0 Å². The SMILES string of the molecule is COCCOCCOCCOCCn1c(-c2ccccc2)nc2ccccc21. The van der Waals surface area contributed by atoms with Crippen LogP contribution in [-0.4, -0.2) is 62.9 Å². The minimum atomic E-state index is 0.559. The minimum Gasteiger partial charge on any atom is -0.382 e. The molecule has 3 rings (SSSR count). The molecule has 0 bridgehead atoms. The van der Waals surface area contributed by atoms with Gasteiger partial charge in [-0.15, -0.1) is 0 Å². The van der Waals surface area contributed by atoms with E-state index < -0.39 is 0 Å². The highest BCUT2D eigenvalue weighted by Gasteiger charge is 2.11. The van der Waals surface area contributed by atoms with Crippen molar-refractivity contribution in [2.45, 2.75) is 6.54 Å². The van der Waals surface area contributed by atoms with Crippen LogP contribution in [0, 0.1) is 0 Å². The highest BCUT2D eigenvalue weighted by atomic mass is 16.6. The number of para-hydroxylation sites is 2. The maximum absolute atomic E-state index is 5.76. The summed E-state index contributed by atoms with van der Waals surface area (Å²) in [6.45, 7) is 4.81. The third-order valence-electron chi connectivity index (χ3n) is 4.32. The predicted octanol–water partition coefficient (Wildman–Crippen LogP) is 3.40. The molecule has 1 aromatic heterocycles. The average molecular weight is 384 g/mol. The van der Waals surface area contributed by atoms with Gasteiger partial charge in [-0.05, 0) is 12.1 Å². The Morgan fingerprint density at radius 2 is 1.32 bits per heavy atom. The van der Waals surface area contributed by atoms with E-state index >= 15 is 0 Å². The van der Waals surface area contributed by atoms with Crippen molar-refractivity contribution in [3.05, 3.63) is 54.6 Å². The molecule has 0 aliphatic heterocycles. The molecule has 2 aromatic carbocycles. The number of fused-ring (bicyclic) bond motifs is 1. The first-order chi connectivity index (χ1) is 13.9. The lowest BCUT2D eigenvalue weighted by molar-refractivity contribution is 0.00286. The van der Waals surface area contributed by atoms with Gasteiger partial charge >= 0.3 is 0 Å². The number of hydrogen-bond donors (Lipinski definition) is 0. The lowest BCUT2D eigenvalue weighted by Crippen LogP contribution is -2.13. The molecule has 6 heteroatoms. The zero-order chi connectivity index (χ0) is 19.4. The summed E-state index contributed by atoms with van der Waals surface area (Å²) >= 11 is 0. The monoisotopic (exact) mass is 384 g/mol. The summed E-state index contributed by atoms with van der Waals surface area (Å²) in [5.74, 6) is 0.967. The van der Waals surface area contributed by atoms with Gasteiger partial charge in [0.05, 0.1) is 57.3 Å². The molecule has 0 amide bonds. The van der Waals surface area contributed by atoms with Crippen LogP contribution >= 0.6 is 0 Å². The van der Waals surface area contributed by atoms with Crippen LogP contribution in [0.1, 0.15) is 0 Å². The first-order valence-electron chi connectivity index (χ1n) is 9.63. The molecule has 150 valence electrons. The van der Waals surface area contributed by atoms with Crippen molar-refractivity contribution >= 4 is 11.0 Å². The topological polar surface area (TPSA) is 54.7 Å². The zero-order valence-electron chi connectivity index (χ0n) is 16.4. The van der Waals surface area contributed by atoms with E-state index in [2.05, 4.69) is 22.8 Å². The van der Waals surface area contributed by atoms with Gasteiger partial charge in [-0.1, -0.05) is 42.5 Å². The van der Waals surface area contributed by atoms with Crippen LogP contribution in [0.15, 0.2) is 54.6 Å². The Morgan fingerprint density at radius 3 is 2.04 bits per heavy atom. The minimum absolute atomic E-state index is 0.559. The number of aromatic nitrogens is 2. The molecule has 0 radical (unpaired) electrons. The second-order valence-electron chi connectivity index (χ2n) is 6.27. The molecule has 0 atom stereocenters. The Hall–Kier alpha value is -2.25. The number of nitrogens with zero attached hydrogens (tertiary/aromatic N) is 2. The van der Waals surface area contributed by atoms with Crippen LogP contribution in [0.3, 0.4) is 0 Å². The van der Waals surface area contributed by atoms with E-state index in [0.717, 1.165) is 29.0 Å². The number of methoxy groups -OCH3 is 1. The largest absolute Gasteiger partial charge is 0.382 e. The van der Waals surface area contributed by atoms with Crippen LogP contribution in [0.25, 0.3) is 22.4 Å². The van der Waals surface area contributed by atoms with Gasteiger partial charge in [-0.3, -0.25) is 0 Å². The molecule has 6 nitrogen and oxygen atoms in total. The molecule has 0 saturated carbocycles. The number of benzene rings is 2. The molecule has 0 aliphatic rings. The van der Waals surface area contributed by atoms with E-state index in [4.69, 9.17) is 23.9 Å². The Balaban J connectivity index is 1.46. The van der Waals surface area contributed by atoms with Crippen LogP contribution in [0.2, 0.25) is 0 Å². The quantitative estimate of drug-likeness (QED) is 0.423. The van der Waals surface area contributed by atoms with Crippen LogP contribution < -0.4 is 0 Å². The van der Waals surface area contributed by atoms with Crippen molar-refractivity contribution in [2.75, 3.05) is 53.4 Å². The van der Waals surface area contributed by atoms with Gasteiger partial charge in [-0.2, -0.15) is 0 Å². The summed E-state index contributed by atoms with van der Waals surface area (Å²) in [5, 5.41) is 0. The van der Waals surface area contributed by atoms with Gasteiger partial charge < -0.3 is 23.5 Å². The van der Waals surface area contributed by atoms with E-state index in [1.54, 1.807) is 7.11 Å². The van der Waals surface area contributed by atoms with Gasteiger partial charge in [0.2, 0.25) is 0 Å². The van der Waals surface area contributed by atoms with Gasteiger partial charge in [0.25, 0.3) is 0 Å². The summed E-state index contributed by atoms with van der Waals surface area (Å²) < 4.78 is 23.7. The van der Waals surface area contributed by atoms with Crippen molar-refractivity contribution in [3.63, 3.8) is 0 Å². The first kappa shape index (κ1) is 20.5. The molecule has 0 fully saturated rings.